The van der Waals surface area contributed by atoms with Gasteiger partial charge >= 0.3 is 0 Å². The quantitative estimate of drug-likeness (QED) is 0.460. The van der Waals surface area contributed by atoms with Crippen LogP contribution >= 0.6 is 0 Å². The second-order valence-electron chi connectivity index (χ2n) is 6.66. The van der Waals surface area contributed by atoms with Gasteiger partial charge in [0.1, 0.15) is 22.5 Å². The normalized spacial score (nSPS) is 13.6. The predicted octanol–water partition coefficient (Wildman–Crippen LogP) is 2.57. The fraction of sp³-hybridized carbons (Fsp3) is 0.333. The molecular weight excluding hydrogens is 463 g/mol. The highest BCUT2D eigenvalue weighted by atomic mass is 32.2. The van der Waals surface area contributed by atoms with E-state index in [-0.39, 0.29) is 6.92 Å². The van der Waals surface area contributed by atoms with E-state index < -0.39 is 78.2 Å². The van der Waals surface area contributed by atoms with Gasteiger partial charge in [-0.1, -0.05) is 0 Å². The fourth-order valence-electron chi connectivity index (χ4n) is 3.03. The molecule has 0 spiro atoms. The van der Waals surface area contributed by atoms with Gasteiger partial charge in [0, 0.05) is 14.2 Å². The summed E-state index contributed by atoms with van der Waals surface area (Å²) in [5.74, 6) is -8.22. The van der Waals surface area contributed by atoms with Gasteiger partial charge in [-0.2, -0.15) is 5.26 Å². The molecule has 2 N–H and O–H groups in total. The maximum atomic E-state index is 15.2. The molecular formula is C18H17F5N4O4S. The molecule has 1 amide bonds. The van der Waals surface area contributed by atoms with Crippen molar-refractivity contribution in [2.45, 2.75) is 30.6 Å². The van der Waals surface area contributed by atoms with E-state index in [2.05, 4.69) is 0 Å². The van der Waals surface area contributed by atoms with Crippen LogP contribution in [0, 0.1) is 23.0 Å². The molecule has 1 aromatic heterocycles. The van der Waals surface area contributed by atoms with Crippen molar-refractivity contribution in [1.82, 2.24) is 4.57 Å². The maximum absolute atomic E-state index is 15.2. The van der Waals surface area contributed by atoms with Crippen molar-refractivity contribution in [3.63, 3.8) is 0 Å². The van der Waals surface area contributed by atoms with Crippen molar-refractivity contribution >= 4 is 21.6 Å². The summed E-state index contributed by atoms with van der Waals surface area (Å²) in [6.45, 7) is -0.426. The van der Waals surface area contributed by atoms with E-state index in [1.807, 2.05) is 0 Å². The van der Waals surface area contributed by atoms with Crippen LogP contribution in [0.4, 0.5) is 27.6 Å². The lowest BCUT2D eigenvalue weighted by Crippen LogP contribution is -2.52. The minimum atomic E-state index is -5.55. The van der Waals surface area contributed by atoms with E-state index in [1.54, 1.807) is 0 Å². The molecule has 0 saturated carbocycles. The lowest BCUT2D eigenvalue weighted by atomic mass is 10.2. The molecule has 1 aromatic carbocycles. The lowest BCUT2D eigenvalue weighted by Gasteiger charge is -2.35. The number of benzene rings is 1. The van der Waals surface area contributed by atoms with Crippen LogP contribution in [0.15, 0.2) is 23.1 Å². The average molecular weight is 480 g/mol. The molecule has 2 rings (SSSR count). The highest BCUT2D eigenvalue weighted by Crippen LogP contribution is 2.39. The summed E-state index contributed by atoms with van der Waals surface area (Å²) >= 11 is 0. The third-order valence-electron chi connectivity index (χ3n) is 4.52. The van der Waals surface area contributed by atoms with Gasteiger partial charge in [-0.3, -0.25) is 4.79 Å². The molecule has 0 aliphatic rings. The van der Waals surface area contributed by atoms with Crippen molar-refractivity contribution in [1.29, 1.82) is 5.26 Å². The zero-order valence-corrected chi connectivity index (χ0v) is 17.7. The van der Waals surface area contributed by atoms with Crippen molar-refractivity contribution in [3.8, 4) is 6.07 Å². The number of sulfonamides is 1. The summed E-state index contributed by atoms with van der Waals surface area (Å²) in [5.41, 5.74) is 1.97. The monoisotopic (exact) mass is 480 g/mol. The number of hydrogen-bond donors (Lipinski definition) is 1. The summed E-state index contributed by atoms with van der Waals surface area (Å²) in [7, 11) is -3.39. The van der Waals surface area contributed by atoms with Crippen molar-refractivity contribution in [2.24, 2.45) is 12.8 Å². The molecule has 174 valence electrons. The maximum Gasteiger partial charge on any atom is 0.291 e. The number of rotatable bonds is 8. The van der Waals surface area contributed by atoms with Gasteiger partial charge in [-0.05, 0) is 25.1 Å². The van der Waals surface area contributed by atoms with E-state index in [9.17, 15) is 26.4 Å². The van der Waals surface area contributed by atoms with E-state index in [0.717, 1.165) is 18.7 Å². The summed E-state index contributed by atoms with van der Waals surface area (Å²) in [6.07, 6.45) is -3.96. The van der Waals surface area contributed by atoms with Crippen LogP contribution in [-0.4, -0.2) is 38.2 Å². The van der Waals surface area contributed by atoms with Crippen LogP contribution in [-0.2, 0) is 28.4 Å². The van der Waals surface area contributed by atoms with Crippen molar-refractivity contribution < 1.29 is 39.9 Å². The molecule has 1 heterocycles. The second-order valence-corrected chi connectivity index (χ2v) is 8.39. The number of primary amides is 1. The Morgan fingerprint density at radius 1 is 1.38 bits per heavy atom. The van der Waals surface area contributed by atoms with Gasteiger partial charge in [0.25, 0.3) is 28.1 Å². The van der Waals surface area contributed by atoms with Gasteiger partial charge in [0.05, 0.1) is 23.6 Å². The number of carbonyl (C=O) groups is 1. The zero-order valence-electron chi connectivity index (χ0n) is 16.9. The summed E-state index contributed by atoms with van der Waals surface area (Å²) in [5, 5.41) is 8.98. The number of nitriles is 1. The van der Waals surface area contributed by atoms with Gasteiger partial charge in [0.15, 0.2) is 5.82 Å². The van der Waals surface area contributed by atoms with Gasteiger partial charge in [-0.15, -0.1) is 0 Å². The highest BCUT2D eigenvalue weighted by Gasteiger charge is 2.51. The molecule has 0 unspecified atom stereocenters. The predicted molar refractivity (Wildman–Crippen MR) is 101 cm³/mol. The highest BCUT2D eigenvalue weighted by molar-refractivity contribution is 7.93. The Labute approximate surface area is 179 Å². The summed E-state index contributed by atoms with van der Waals surface area (Å²) in [4.78, 5) is 10.3. The van der Waals surface area contributed by atoms with E-state index >= 15 is 8.78 Å². The Morgan fingerprint density at radius 3 is 2.44 bits per heavy atom. The first-order valence-corrected chi connectivity index (χ1v) is 10.0. The molecule has 0 saturated heterocycles. The molecule has 0 aliphatic carbocycles. The number of nitrogens with zero attached hydrogens (tertiary/aromatic N) is 3. The largest absolute Gasteiger partial charge is 0.378 e. The number of methoxy groups -OCH3 is 1. The number of amides is 1. The molecule has 0 radical (unpaired) electrons. The van der Waals surface area contributed by atoms with Gasteiger partial charge in [0.2, 0.25) is 0 Å². The molecule has 2 aromatic rings. The van der Waals surface area contributed by atoms with Crippen LogP contribution in [0.3, 0.4) is 0 Å². The Morgan fingerprint density at radius 2 is 1.97 bits per heavy atom. The van der Waals surface area contributed by atoms with Gasteiger partial charge < -0.3 is 15.0 Å². The first-order chi connectivity index (χ1) is 14.7. The first-order valence-electron chi connectivity index (χ1n) is 8.61. The minimum absolute atomic E-state index is 0.205. The lowest BCUT2D eigenvalue weighted by molar-refractivity contribution is -0.0136. The summed E-state index contributed by atoms with van der Waals surface area (Å²) in [6, 6.07) is 3.07. The van der Waals surface area contributed by atoms with Crippen LogP contribution in [0.25, 0.3) is 0 Å². The zero-order chi connectivity index (χ0) is 24.6. The number of anilines is 1. The Balaban J connectivity index is 2.97. The van der Waals surface area contributed by atoms with Crippen LogP contribution in [0.2, 0.25) is 0 Å². The van der Waals surface area contributed by atoms with E-state index in [4.69, 9.17) is 15.7 Å². The van der Waals surface area contributed by atoms with Crippen molar-refractivity contribution in [3.05, 3.63) is 46.8 Å². The smallest absolute Gasteiger partial charge is 0.291 e. The minimum Gasteiger partial charge on any atom is -0.378 e. The first kappa shape index (κ1) is 25.1. The Hall–Kier alpha value is -3.18. The molecule has 0 bridgehead atoms. The van der Waals surface area contributed by atoms with Crippen LogP contribution < -0.4 is 10.0 Å². The number of nitrogens with two attached hydrogens (primary N) is 1. The molecule has 32 heavy (non-hydrogen) atoms. The third-order valence-corrected chi connectivity index (χ3v) is 6.50. The Kier molecular flexibility index (Phi) is 6.86. The number of hydrogen-bond acceptors (Lipinski definition) is 5. The number of halogens is 5. The SMILES string of the molecule is COCc1c(S(=O)(=O)N(c2ccc(F)c(C#N)c2)[C@](C)(F)C(F)F)c(F)c(C(N)=O)n1C. The Bertz CT molecular complexity index is 1200. The summed E-state index contributed by atoms with van der Waals surface area (Å²) < 4.78 is 103. The second kappa shape index (κ2) is 8.75. The molecule has 1 atom stereocenters. The molecule has 0 aliphatic heterocycles. The number of alkyl halides is 3. The number of aromatic nitrogens is 1. The van der Waals surface area contributed by atoms with Gasteiger partial charge in [-0.25, -0.2) is 34.7 Å². The van der Waals surface area contributed by atoms with Crippen LogP contribution in [0.5, 0.6) is 0 Å². The number of ether oxygens (including phenoxy) is 1. The van der Waals surface area contributed by atoms with E-state index in [1.165, 1.54) is 6.07 Å². The third kappa shape index (κ3) is 4.00. The molecule has 14 heteroatoms. The van der Waals surface area contributed by atoms with Crippen molar-refractivity contribution in [2.75, 3.05) is 11.4 Å². The van der Waals surface area contributed by atoms with E-state index in [0.29, 0.717) is 18.2 Å². The molecule has 0 fully saturated rings. The van der Waals surface area contributed by atoms with Crippen LogP contribution in [0.1, 0.15) is 28.7 Å². The number of carbonyl (C=O) groups excluding carboxylic acids is 1. The molecule has 8 nitrogen and oxygen atoms in total. The average Bonchev–Trinajstić information content (AvgIpc) is 2.93. The standard InChI is InChI=1S/C18H17F5N4O4S/c1-18(23,17(21)22)27(10-4-5-11(19)9(6-10)7-24)32(29,30)15-12(8-31-3)26(2)14(13(15)20)16(25)28/h4-6,17H,8H2,1-3H3,(H2,25,28)/t18-/m0/s1. The fourth-order valence-corrected chi connectivity index (χ4v) is 4.97. The topological polar surface area (TPSA) is 118 Å².